The van der Waals surface area contributed by atoms with Gasteiger partial charge < -0.3 is 161 Å². The van der Waals surface area contributed by atoms with Crippen LogP contribution in [0.4, 0.5) is 0 Å². The Labute approximate surface area is 568 Å². The first kappa shape index (κ1) is 78.7. The van der Waals surface area contributed by atoms with Gasteiger partial charge in [-0.1, -0.05) is 0 Å². The molecule has 12 aliphatic rings. The topological polar surface area (TPSA) is 713 Å². The number of hydrogen-bond donors (Lipinski definition) is 18. The number of aliphatic hydroxyl groups is 14. The zero-order chi connectivity index (χ0) is 73.0. The van der Waals surface area contributed by atoms with Gasteiger partial charge in [0.1, 0.15) is 195 Å². The first-order valence-electron chi connectivity index (χ1n) is 30.6. The summed E-state index contributed by atoms with van der Waals surface area (Å²) < 4.78 is 264. The molecule has 0 aromatic carbocycles. The summed E-state index contributed by atoms with van der Waals surface area (Å²) in [7, 11) is -22.0. The van der Waals surface area contributed by atoms with Crippen LogP contribution >= 0.6 is 0 Å². The first-order valence-corrected chi connectivity index (χ1v) is 36.1. The van der Waals surface area contributed by atoms with Gasteiger partial charge in [0.05, 0.1) is 52.9 Å². The lowest BCUT2D eigenvalue weighted by Gasteiger charge is -2.49. The second-order valence-electron chi connectivity index (χ2n) is 24.9. The van der Waals surface area contributed by atoms with Gasteiger partial charge in [0.15, 0.2) is 50.3 Å². The number of fused-ring (bicyclic) bond motifs is 8. The molecule has 0 aromatic rings. The SMILES string of the molecule is O=S(=O)(O)OC1C(CO)OC(O)C(O)C1OC1OC2COC(C1O)C2OC1OC(CO)C(OS(=O)(=O)O)C(OC2OC3COC(C2O)C3OC2OC(CO)C(OS(=O)(=O)O)C(OC3OC4COC(C3O)C4OC3OC(CO)C(OS(=O)(=O)O)C(OC4OC5COC(C5O)C4O)C3O)C2O)C1O. The lowest BCUT2D eigenvalue weighted by Crippen LogP contribution is -2.67. The predicted molar refractivity (Wildman–Crippen MR) is 293 cm³/mol. The van der Waals surface area contributed by atoms with Crippen molar-refractivity contribution in [3.63, 3.8) is 0 Å². The van der Waals surface area contributed by atoms with Crippen LogP contribution in [0.3, 0.4) is 0 Å². The van der Waals surface area contributed by atoms with Crippen molar-refractivity contribution < 1.29 is 230 Å². The zero-order valence-corrected chi connectivity index (χ0v) is 54.4. The average molecular weight is 1560 g/mol. The molecule has 0 amide bonds. The van der Waals surface area contributed by atoms with E-state index in [2.05, 4.69) is 4.18 Å². The third-order valence-electron chi connectivity index (χ3n) is 18.5. The third-order valence-corrected chi connectivity index (χ3v) is 20.3. The first-order chi connectivity index (χ1) is 47.5. The molecule has 49 nitrogen and oxygen atoms in total. The van der Waals surface area contributed by atoms with E-state index in [9.17, 15) is 123 Å². The van der Waals surface area contributed by atoms with Crippen molar-refractivity contribution in [2.24, 2.45) is 0 Å². The Kier molecular flexibility index (Phi) is 24.1. The molecule has 40 atom stereocenters. The molecule has 101 heavy (non-hydrogen) atoms. The average Bonchev–Trinajstić information content (AvgIpc) is 1.73. The van der Waals surface area contributed by atoms with Gasteiger partial charge in [-0.3, -0.25) is 18.2 Å². The fourth-order valence-corrected chi connectivity index (χ4v) is 16.0. The molecular formula is C48H74O49S4. The van der Waals surface area contributed by atoms with Gasteiger partial charge in [-0.05, 0) is 0 Å². The molecule has 12 aliphatic heterocycles. The number of hydrogen-bond acceptors (Lipinski definition) is 45. The van der Waals surface area contributed by atoms with Crippen LogP contribution < -0.4 is 0 Å². The van der Waals surface area contributed by atoms with Gasteiger partial charge in [0, 0.05) is 0 Å². The maximum absolute atomic E-state index is 12.3. The van der Waals surface area contributed by atoms with Crippen molar-refractivity contribution in [2.75, 3.05) is 52.9 Å². The van der Waals surface area contributed by atoms with E-state index < -0.39 is 333 Å². The Hall–Kier alpha value is -1.84. The van der Waals surface area contributed by atoms with Crippen LogP contribution in [-0.2, 0) is 148 Å². The molecule has 0 spiro atoms. The Bertz CT molecular complexity index is 3280. The highest BCUT2D eigenvalue weighted by molar-refractivity contribution is 7.81. The molecule has 584 valence electrons. The van der Waals surface area contributed by atoms with Crippen LogP contribution in [0.25, 0.3) is 0 Å². The summed E-state index contributed by atoms with van der Waals surface area (Å²) in [5, 5.41) is 154. The van der Waals surface area contributed by atoms with Crippen molar-refractivity contribution in [3.8, 4) is 0 Å². The molecule has 12 fully saturated rings. The van der Waals surface area contributed by atoms with Crippen molar-refractivity contribution in [1.82, 2.24) is 0 Å². The number of ether oxygens (including phenoxy) is 19. The highest BCUT2D eigenvalue weighted by atomic mass is 32.3. The quantitative estimate of drug-likeness (QED) is 0.0358. The molecule has 0 saturated carbocycles. The van der Waals surface area contributed by atoms with Crippen LogP contribution in [0, 0.1) is 0 Å². The van der Waals surface area contributed by atoms with Crippen molar-refractivity contribution in [2.45, 2.75) is 246 Å². The summed E-state index contributed by atoms with van der Waals surface area (Å²) in [6.07, 6.45) is -76.2. The van der Waals surface area contributed by atoms with E-state index >= 15 is 0 Å². The largest absolute Gasteiger partial charge is 0.397 e. The third kappa shape index (κ3) is 16.6. The van der Waals surface area contributed by atoms with Crippen LogP contribution in [0.5, 0.6) is 0 Å². The molecule has 18 N–H and O–H groups in total. The monoisotopic (exact) mass is 1560 g/mol. The van der Waals surface area contributed by atoms with Gasteiger partial charge in [-0.15, -0.1) is 0 Å². The maximum Gasteiger partial charge on any atom is 0.397 e. The van der Waals surface area contributed by atoms with E-state index in [1.54, 1.807) is 0 Å². The fourth-order valence-electron chi connectivity index (χ4n) is 13.9. The van der Waals surface area contributed by atoms with Crippen LogP contribution in [0.15, 0.2) is 0 Å². The molecule has 0 aromatic heterocycles. The Morgan fingerprint density at radius 2 is 0.485 bits per heavy atom. The van der Waals surface area contributed by atoms with E-state index in [1.807, 2.05) is 0 Å². The van der Waals surface area contributed by atoms with Crippen molar-refractivity contribution in [3.05, 3.63) is 0 Å². The summed E-state index contributed by atoms with van der Waals surface area (Å²) in [5.41, 5.74) is 0. The lowest BCUT2D eigenvalue weighted by atomic mass is 9.96. The predicted octanol–water partition coefficient (Wildman–Crippen LogP) is -15.0. The maximum atomic E-state index is 12.3. The highest BCUT2D eigenvalue weighted by Crippen LogP contribution is 2.44. The van der Waals surface area contributed by atoms with Crippen molar-refractivity contribution in [1.29, 1.82) is 0 Å². The summed E-state index contributed by atoms with van der Waals surface area (Å²) in [4.78, 5) is 0. The van der Waals surface area contributed by atoms with E-state index in [0.29, 0.717) is 0 Å². The molecule has 12 rings (SSSR count). The van der Waals surface area contributed by atoms with Gasteiger partial charge in [0.2, 0.25) is 0 Å². The van der Waals surface area contributed by atoms with E-state index in [4.69, 9.17) is 103 Å². The molecular weight excluding hydrogens is 1490 g/mol. The van der Waals surface area contributed by atoms with Gasteiger partial charge >= 0.3 is 41.6 Å². The molecule has 0 aliphatic carbocycles. The lowest BCUT2D eigenvalue weighted by molar-refractivity contribution is -0.381. The Balaban J connectivity index is 0.717. The van der Waals surface area contributed by atoms with Gasteiger partial charge in [-0.25, -0.2) is 16.7 Å². The van der Waals surface area contributed by atoms with E-state index in [-0.39, 0.29) is 6.61 Å². The van der Waals surface area contributed by atoms with Gasteiger partial charge in [0.25, 0.3) is 0 Å². The van der Waals surface area contributed by atoms with Gasteiger partial charge in [-0.2, -0.15) is 33.7 Å². The number of rotatable bonds is 26. The molecule has 40 unspecified atom stereocenters. The number of aliphatic hydroxyl groups excluding tert-OH is 14. The molecule has 12 saturated heterocycles. The minimum absolute atomic E-state index is 0.227. The standard InChI is InChI=1S/C48H74O49S4/c49-1-9-29(94-98(63,64)65)37(18(54)41(62)79-9)90-43-20(56)34-26(14(84-43)6-76-34)87-47-24(60)39(31(11(3-51)81-47)96-100(69,70)71)92-45-22(58)36-28(16(86-45)8-78-36)89-48-25(61)40(32(12(4-52)82-48)97-101(72,73)74)93-44-21(57)35-27(15(85-44)7-77-35)88-46-23(59)38(30(10(2-50)80-46)95-99(66,67)68)91-42-19(55)33-17(53)13(83-42)5-75-33/h9-62H,1-8H2,(H,63,64,65)(H,66,67,68)(H,69,70,71)(H,72,73,74). The summed E-state index contributed by atoms with van der Waals surface area (Å²) in [6.45, 7) is -6.37. The minimum atomic E-state index is -5.59. The normalized spacial score (nSPS) is 51.0. The second kappa shape index (κ2) is 30.9. The molecule has 0 radical (unpaired) electrons. The fraction of sp³-hybridized carbons (Fsp3) is 1.00. The highest BCUT2D eigenvalue weighted by Gasteiger charge is 2.64. The Morgan fingerprint density at radius 3 is 0.772 bits per heavy atom. The van der Waals surface area contributed by atoms with E-state index in [0.717, 1.165) is 0 Å². The molecule has 12 heterocycles. The summed E-state index contributed by atoms with van der Waals surface area (Å²) in [5.74, 6) is 0. The zero-order valence-electron chi connectivity index (χ0n) is 51.1. The second-order valence-corrected chi connectivity index (χ2v) is 29.1. The smallest absolute Gasteiger partial charge is 0.394 e. The summed E-state index contributed by atoms with van der Waals surface area (Å²) >= 11 is 0. The van der Waals surface area contributed by atoms with Crippen molar-refractivity contribution >= 4 is 41.6 Å². The molecule has 53 heteroatoms. The Morgan fingerprint density at radius 1 is 0.257 bits per heavy atom. The van der Waals surface area contributed by atoms with Crippen LogP contribution in [0.1, 0.15) is 0 Å². The van der Waals surface area contributed by atoms with Crippen LogP contribution in [0.2, 0.25) is 0 Å². The summed E-state index contributed by atoms with van der Waals surface area (Å²) in [6, 6.07) is 0. The van der Waals surface area contributed by atoms with Crippen LogP contribution in [-0.4, -0.2) is 422 Å². The van der Waals surface area contributed by atoms with E-state index in [1.165, 1.54) is 0 Å². The minimum Gasteiger partial charge on any atom is -0.394 e. The molecule has 8 bridgehead atoms.